The van der Waals surface area contributed by atoms with Gasteiger partial charge in [-0.2, -0.15) is 0 Å². The molecule has 0 bridgehead atoms. The van der Waals surface area contributed by atoms with Crippen LogP contribution in [-0.4, -0.2) is 41.7 Å². The SMILES string of the molecule is COCOC1(c2ccc(-c3ccc(-c4ccc(C5(OCOC)CCC(OCOC)(c6ccc(Br)cc6)CC5)cc4)cc3)cc2)CCC(C)(c2ccc(Br)cc2)CC1. The average Bonchev–Trinajstić information content (AvgIpc) is 3.26. The van der Waals surface area contributed by atoms with Gasteiger partial charge in [0.05, 0.1) is 16.8 Å². The van der Waals surface area contributed by atoms with Gasteiger partial charge in [0.25, 0.3) is 0 Å². The van der Waals surface area contributed by atoms with Gasteiger partial charge < -0.3 is 28.4 Å². The molecular weight excluding hydrogens is 844 g/mol. The van der Waals surface area contributed by atoms with Crippen molar-refractivity contribution < 1.29 is 28.4 Å². The number of methoxy groups -OCH3 is 3. The lowest BCUT2D eigenvalue weighted by molar-refractivity contribution is -0.203. The number of hydrogen-bond donors (Lipinski definition) is 0. The number of halogens is 2. The second-order valence-electron chi connectivity index (χ2n) is 15.9. The first-order valence-corrected chi connectivity index (χ1v) is 21.5. The molecule has 5 aromatic rings. The van der Waals surface area contributed by atoms with Crippen molar-refractivity contribution >= 4 is 31.9 Å². The van der Waals surface area contributed by atoms with E-state index in [0.717, 1.165) is 77.0 Å². The van der Waals surface area contributed by atoms with Crippen LogP contribution in [0.1, 0.15) is 80.5 Å². The Morgan fingerprint density at radius 1 is 0.368 bits per heavy atom. The molecule has 0 heterocycles. The van der Waals surface area contributed by atoms with Crippen molar-refractivity contribution in [2.24, 2.45) is 0 Å². The molecule has 0 spiro atoms. The molecule has 2 fully saturated rings. The molecule has 6 nitrogen and oxygen atoms in total. The van der Waals surface area contributed by atoms with Crippen LogP contribution in [0.15, 0.2) is 130 Å². The fraction of sp³-hybridized carbons (Fsp3) is 0.388. The minimum Gasteiger partial charge on any atom is -0.359 e. The van der Waals surface area contributed by atoms with E-state index in [9.17, 15) is 0 Å². The topological polar surface area (TPSA) is 55.4 Å². The van der Waals surface area contributed by atoms with E-state index < -0.39 is 11.2 Å². The molecule has 0 aliphatic heterocycles. The summed E-state index contributed by atoms with van der Waals surface area (Å²) in [6, 6.07) is 43.9. The van der Waals surface area contributed by atoms with Crippen molar-refractivity contribution in [1.29, 1.82) is 0 Å². The Bertz CT molecular complexity index is 2010. The van der Waals surface area contributed by atoms with Crippen LogP contribution in [0.2, 0.25) is 0 Å². The van der Waals surface area contributed by atoms with E-state index in [4.69, 9.17) is 28.4 Å². The van der Waals surface area contributed by atoms with Gasteiger partial charge in [-0.05, 0) is 126 Å². The third kappa shape index (κ3) is 9.19. The molecule has 0 radical (unpaired) electrons. The molecule has 2 saturated carbocycles. The Morgan fingerprint density at radius 3 is 0.912 bits per heavy atom. The first-order chi connectivity index (χ1) is 27.7. The Hall–Kier alpha value is -3.18. The maximum atomic E-state index is 6.54. The molecule has 5 aromatic carbocycles. The monoisotopic (exact) mass is 896 g/mol. The van der Waals surface area contributed by atoms with Crippen LogP contribution in [-0.2, 0) is 50.6 Å². The molecule has 300 valence electrons. The van der Waals surface area contributed by atoms with Crippen molar-refractivity contribution in [1.82, 2.24) is 0 Å². The maximum Gasteiger partial charge on any atom is 0.147 e. The number of ether oxygens (including phenoxy) is 6. The van der Waals surface area contributed by atoms with E-state index in [1.165, 1.54) is 27.8 Å². The van der Waals surface area contributed by atoms with E-state index in [1.807, 2.05) is 0 Å². The summed E-state index contributed by atoms with van der Waals surface area (Å²) in [6.45, 7) is 3.12. The smallest absolute Gasteiger partial charge is 0.147 e. The molecular formula is C49H54Br2O6. The molecule has 0 unspecified atom stereocenters. The van der Waals surface area contributed by atoms with Crippen LogP contribution in [0.4, 0.5) is 0 Å². The van der Waals surface area contributed by atoms with Crippen molar-refractivity contribution in [3.8, 4) is 22.3 Å². The Morgan fingerprint density at radius 2 is 0.614 bits per heavy atom. The molecule has 0 N–H and O–H groups in total. The van der Waals surface area contributed by atoms with Crippen LogP contribution >= 0.6 is 31.9 Å². The first kappa shape index (κ1) is 42.0. The van der Waals surface area contributed by atoms with Gasteiger partial charge in [-0.1, -0.05) is 136 Å². The lowest BCUT2D eigenvalue weighted by atomic mass is 9.65. The van der Waals surface area contributed by atoms with Crippen molar-refractivity contribution in [2.75, 3.05) is 41.7 Å². The Balaban J connectivity index is 1.04. The molecule has 0 saturated heterocycles. The van der Waals surface area contributed by atoms with Gasteiger partial charge in [-0.15, -0.1) is 0 Å². The van der Waals surface area contributed by atoms with Gasteiger partial charge in [0.15, 0.2) is 0 Å². The zero-order chi connectivity index (χ0) is 39.9. The fourth-order valence-corrected chi connectivity index (χ4v) is 9.54. The highest BCUT2D eigenvalue weighted by atomic mass is 79.9. The highest BCUT2D eigenvalue weighted by molar-refractivity contribution is 9.10. The quantitative estimate of drug-likeness (QED) is 0.0976. The van der Waals surface area contributed by atoms with E-state index in [2.05, 4.69) is 160 Å². The van der Waals surface area contributed by atoms with E-state index in [0.29, 0.717) is 0 Å². The Labute approximate surface area is 355 Å². The highest BCUT2D eigenvalue weighted by Crippen LogP contribution is 2.51. The summed E-state index contributed by atoms with van der Waals surface area (Å²) >= 11 is 7.17. The fourth-order valence-electron chi connectivity index (χ4n) is 9.01. The molecule has 2 aliphatic carbocycles. The van der Waals surface area contributed by atoms with Crippen LogP contribution in [0.3, 0.4) is 0 Å². The van der Waals surface area contributed by atoms with E-state index >= 15 is 0 Å². The second-order valence-corrected chi connectivity index (χ2v) is 17.8. The van der Waals surface area contributed by atoms with Gasteiger partial charge in [-0.25, -0.2) is 0 Å². The standard InChI is InChI=1S/C49H54Br2O6/c1-46(40-17-21-44(50)22-18-40)25-27-47(28-26-46,55-33-52-2)41-13-9-38(10-14-41)36-5-7-37(8-6-36)39-11-15-42(16-12-39)48(56-34-53-3)29-31-49(32-30-48,57-35-54-4)43-19-23-45(51)24-20-43/h5-24H,25-35H2,1-4H3. The third-order valence-electron chi connectivity index (χ3n) is 12.7. The van der Waals surface area contributed by atoms with Crippen molar-refractivity contribution in [2.45, 2.75) is 80.5 Å². The van der Waals surface area contributed by atoms with E-state index in [-0.39, 0.29) is 31.4 Å². The molecule has 8 heteroatoms. The third-order valence-corrected chi connectivity index (χ3v) is 13.7. The minimum atomic E-state index is -0.482. The lowest BCUT2D eigenvalue weighted by Gasteiger charge is -2.46. The highest BCUT2D eigenvalue weighted by Gasteiger charge is 2.47. The molecule has 57 heavy (non-hydrogen) atoms. The van der Waals surface area contributed by atoms with Crippen LogP contribution < -0.4 is 0 Å². The summed E-state index contributed by atoms with van der Waals surface area (Å²) < 4.78 is 37.9. The Kier molecular flexibility index (Phi) is 13.5. The molecule has 2 aliphatic rings. The van der Waals surface area contributed by atoms with E-state index in [1.54, 1.807) is 21.3 Å². The predicted molar refractivity (Wildman–Crippen MR) is 234 cm³/mol. The summed E-state index contributed by atoms with van der Waals surface area (Å²) in [4.78, 5) is 0. The number of hydrogen-bond acceptors (Lipinski definition) is 6. The summed E-state index contributed by atoms with van der Waals surface area (Å²) in [7, 11) is 5.05. The van der Waals surface area contributed by atoms with Crippen molar-refractivity contribution in [3.05, 3.63) is 153 Å². The number of rotatable bonds is 15. The van der Waals surface area contributed by atoms with Crippen LogP contribution in [0.5, 0.6) is 0 Å². The van der Waals surface area contributed by atoms with Gasteiger partial charge in [-0.3, -0.25) is 0 Å². The molecule has 0 atom stereocenters. The molecule has 0 aromatic heterocycles. The predicted octanol–water partition coefficient (Wildman–Crippen LogP) is 12.8. The molecule has 7 rings (SSSR count). The molecule has 0 amide bonds. The zero-order valence-corrected chi connectivity index (χ0v) is 36.7. The lowest BCUT2D eigenvalue weighted by Crippen LogP contribution is -2.43. The van der Waals surface area contributed by atoms with Gasteiger partial charge in [0.2, 0.25) is 0 Å². The van der Waals surface area contributed by atoms with Crippen molar-refractivity contribution in [3.63, 3.8) is 0 Å². The van der Waals surface area contributed by atoms with Gasteiger partial charge >= 0.3 is 0 Å². The first-order valence-electron chi connectivity index (χ1n) is 19.9. The summed E-state index contributed by atoms with van der Waals surface area (Å²) in [5, 5.41) is 0. The summed E-state index contributed by atoms with van der Waals surface area (Å²) in [5.41, 5.74) is 8.42. The largest absolute Gasteiger partial charge is 0.359 e. The van der Waals surface area contributed by atoms with Gasteiger partial charge in [0, 0.05) is 30.3 Å². The van der Waals surface area contributed by atoms with Crippen LogP contribution in [0.25, 0.3) is 22.3 Å². The minimum absolute atomic E-state index is 0.116. The summed E-state index contributed by atoms with van der Waals surface area (Å²) in [6.07, 6.45) is 7.11. The zero-order valence-electron chi connectivity index (χ0n) is 33.5. The summed E-state index contributed by atoms with van der Waals surface area (Å²) in [5.74, 6) is 0. The second kappa shape index (κ2) is 18.4. The number of benzene rings is 5. The average molecular weight is 899 g/mol. The van der Waals surface area contributed by atoms with Crippen LogP contribution in [0, 0.1) is 0 Å². The maximum absolute atomic E-state index is 6.54. The normalized spacial score (nSPS) is 25.0. The van der Waals surface area contributed by atoms with Gasteiger partial charge in [0.1, 0.15) is 20.4 Å².